The molecule has 0 saturated heterocycles. The van der Waals surface area contributed by atoms with Crippen LogP contribution in [0.5, 0.6) is 0 Å². The van der Waals surface area contributed by atoms with E-state index < -0.39 is 0 Å². The quantitative estimate of drug-likeness (QED) is 0.840. The van der Waals surface area contributed by atoms with Gasteiger partial charge < -0.3 is 15.2 Å². The van der Waals surface area contributed by atoms with Crippen LogP contribution in [-0.4, -0.2) is 29.1 Å². The van der Waals surface area contributed by atoms with E-state index in [4.69, 9.17) is 11.0 Å². The highest BCUT2D eigenvalue weighted by atomic mass is 15.2. The lowest BCUT2D eigenvalue weighted by Gasteiger charge is -2.20. The third kappa shape index (κ3) is 2.85. The van der Waals surface area contributed by atoms with Crippen LogP contribution in [0.4, 0.5) is 5.82 Å². The Morgan fingerprint density at radius 1 is 1.28 bits per heavy atom. The number of nitrogens with two attached hydrogens (primary N) is 1. The molecule has 18 heavy (non-hydrogen) atoms. The van der Waals surface area contributed by atoms with Gasteiger partial charge in [-0.2, -0.15) is 5.26 Å². The normalized spacial score (nSPS) is 10.9. The second-order valence-electron chi connectivity index (χ2n) is 4.67. The Hall–Kier alpha value is -1.47. The summed E-state index contributed by atoms with van der Waals surface area (Å²) >= 11 is 0. The molecule has 1 aromatic rings. The number of anilines is 1. The Balaban J connectivity index is 2.83. The Bertz CT molecular complexity index is 440. The van der Waals surface area contributed by atoms with E-state index in [1.54, 1.807) is 0 Å². The van der Waals surface area contributed by atoms with Gasteiger partial charge in [0.1, 0.15) is 11.9 Å². The zero-order valence-corrected chi connectivity index (χ0v) is 12.0. The van der Waals surface area contributed by atoms with Gasteiger partial charge in [0.05, 0.1) is 5.56 Å². The maximum absolute atomic E-state index is 9.09. The van der Waals surface area contributed by atoms with Crippen molar-refractivity contribution >= 4 is 5.82 Å². The summed E-state index contributed by atoms with van der Waals surface area (Å²) in [5.74, 6) is 0.611. The van der Waals surface area contributed by atoms with Crippen molar-refractivity contribution < 1.29 is 0 Å². The summed E-state index contributed by atoms with van der Waals surface area (Å²) < 4.78 is 2.06. The van der Waals surface area contributed by atoms with E-state index in [9.17, 15) is 0 Å². The van der Waals surface area contributed by atoms with Crippen molar-refractivity contribution in [3.63, 3.8) is 0 Å². The molecule has 0 fully saturated rings. The first-order chi connectivity index (χ1) is 8.56. The highest BCUT2D eigenvalue weighted by Crippen LogP contribution is 2.23. The first-order valence-electron chi connectivity index (χ1n) is 6.64. The van der Waals surface area contributed by atoms with Crippen molar-refractivity contribution in [2.45, 2.75) is 40.7 Å². The van der Waals surface area contributed by atoms with Crippen LogP contribution in [0.1, 0.15) is 37.1 Å². The summed E-state index contributed by atoms with van der Waals surface area (Å²) in [6.07, 6.45) is 1.16. The molecule has 4 heteroatoms. The fraction of sp³-hybridized carbons (Fsp3) is 0.643. The van der Waals surface area contributed by atoms with E-state index in [1.807, 2.05) is 13.8 Å². The second kappa shape index (κ2) is 6.46. The molecule has 1 heterocycles. The van der Waals surface area contributed by atoms with E-state index in [2.05, 4.69) is 29.4 Å². The van der Waals surface area contributed by atoms with Crippen LogP contribution in [0.15, 0.2) is 0 Å². The van der Waals surface area contributed by atoms with E-state index in [-0.39, 0.29) is 0 Å². The van der Waals surface area contributed by atoms with Gasteiger partial charge >= 0.3 is 0 Å². The van der Waals surface area contributed by atoms with Gasteiger partial charge in [-0.25, -0.2) is 0 Å². The lowest BCUT2D eigenvalue weighted by atomic mass is 10.2. The summed E-state index contributed by atoms with van der Waals surface area (Å²) in [5.41, 5.74) is 8.79. The van der Waals surface area contributed by atoms with Crippen molar-refractivity contribution in [1.29, 1.82) is 5.26 Å². The predicted molar refractivity (Wildman–Crippen MR) is 75.4 cm³/mol. The molecule has 2 N–H and O–H groups in total. The number of rotatable bonds is 6. The Kier molecular flexibility index (Phi) is 5.24. The summed E-state index contributed by atoms with van der Waals surface area (Å²) in [6.45, 7) is 12.4. The molecule has 0 spiro atoms. The van der Waals surface area contributed by atoms with Gasteiger partial charge in [-0.05, 0) is 38.9 Å². The molecule has 0 amide bonds. The summed E-state index contributed by atoms with van der Waals surface area (Å²) in [5, 5.41) is 9.09. The smallest absolute Gasteiger partial charge is 0.122 e. The molecule has 1 rings (SSSR count). The molecule has 0 radical (unpaired) electrons. The molecule has 0 aliphatic rings. The van der Waals surface area contributed by atoms with Gasteiger partial charge in [-0.3, -0.25) is 0 Å². The average Bonchev–Trinajstić information content (AvgIpc) is 2.57. The van der Waals surface area contributed by atoms with Crippen LogP contribution in [0.25, 0.3) is 0 Å². The van der Waals surface area contributed by atoms with Crippen LogP contribution >= 0.6 is 0 Å². The van der Waals surface area contributed by atoms with E-state index >= 15 is 0 Å². The second-order valence-corrected chi connectivity index (χ2v) is 4.67. The minimum absolute atomic E-state index is 0.611. The van der Waals surface area contributed by atoms with Crippen molar-refractivity contribution in [1.82, 2.24) is 9.47 Å². The number of hydrogen-bond acceptors (Lipinski definition) is 3. The van der Waals surface area contributed by atoms with Gasteiger partial charge in [0.15, 0.2) is 0 Å². The summed E-state index contributed by atoms with van der Waals surface area (Å²) in [7, 11) is 0. The minimum Gasteiger partial charge on any atom is -0.384 e. The number of likely N-dealkylation sites (N-methyl/N-ethyl adjacent to an activating group) is 1. The van der Waals surface area contributed by atoms with Gasteiger partial charge in [0, 0.05) is 18.8 Å². The zero-order valence-electron chi connectivity index (χ0n) is 12.0. The van der Waals surface area contributed by atoms with Crippen molar-refractivity contribution in [2.24, 2.45) is 0 Å². The summed E-state index contributed by atoms with van der Waals surface area (Å²) in [4.78, 5) is 2.40. The van der Waals surface area contributed by atoms with Gasteiger partial charge in [0.2, 0.25) is 0 Å². The number of nitriles is 1. The largest absolute Gasteiger partial charge is 0.384 e. The Morgan fingerprint density at radius 3 is 2.39 bits per heavy atom. The molecular weight excluding hydrogens is 224 g/mol. The standard InChI is InChI=1S/C14H24N4/c1-5-7-17(6-2)8-9-18-12(4)11(3)13(10-15)14(18)16/h5-9,16H2,1-4H3. The first-order valence-corrected chi connectivity index (χ1v) is 6.64. The molecule has 0 atom stereocenters. The summed E-state index contributed by atoms with van der Waals surface area (Å²) in [6, 6.07) is 2.19. The predicted octanol–water partition coefficient (Wildman–Crippen LogP) is 2.29. The van der Waals surface area contributed by atoms with Crippen LogP contribution in [0.2, 0.25) is 0 Å². The average molecular weight is 248 g/mol. The third-order valence-corrected chi connectivity index (χ3v) is 3.61. The topological polar surface area (TPSA) is 58.0 Å². The van der Waals surface area contributed by atoms with E-state index in [0.717, 1.165) is 43.9 Å². The Morgan fingerprint density at radius 2 is 1.94 bits per heavy atom. The van der Waals surface area contributed by atoms with Crippen LogP contribution in [0, 0.1) is 25.2 Å². The number of nitrogens with zero attached hydrogens (tertiary/aromatic N) is 3. The highest BCUT2D eigenvalue weighted by molar-refractivity contribution is 5.57. The molecule has 0 aliphatic heterocycles. The molecule has 0 bridgehead atoms. The fourth-order valence-electron chi connectivity index (χ4n) is 2.31. The molecule has 0 aliphatic carbocycles. The highest BCUT2D eigenvalue weighted by Gasteiger charge is 2.15. The van der Waals surface area contributed by atoms with Crippen molar-refractivity contribution in [3.8, 4) is 6.07 Å². The lowest BCUT2D eigenvalue weighted by Crippen LogP contribution is -2.28. The maximum Gasteiger partial charge on any atom is 0.122 e. The van der Waals surface area contributed by atoms with Crippen molar-refractivity contribution in [3.05, 3.63) is 16.8 Å². The molecule has 0 saturated carbocycles. The van der Waals surface area contributed by atoms with Gasteiger partial charge in [0.25, 0.3) is 0 Å². The molecule has 1 aromatic heterocycles. The number of nitrogen functional groups attached to an aromatic ring is 1. The van der Waals surface area contributed by atoms with Crippen LogP contribution in [0.3, 0.4) is 0 Å². The zero-order chi connectivity index (χ0) is 13.7. The number of aromatic nitrogens is 1. The van der Waals surface area contributed by atoms with E-state index in [0.29, 0.717) is 11.4 Å². The number of hydrogen-bond donors (Lipinski definition) is 1. The lowest BCUT2D eigenvalue weighted by molar-refractivity contribution is 0.276. The fourth-order valence-corrected chi connectivity index (χ4v) is 2.31. The molecular formula is C14H24N4. The third-order valence-electron chi connectivity index (χ3n) is 3.61. The van der Waals surface area contributed by atoms with E-state index in [1.165, 1.54) is 0 Å². The van der Waals surface area contributed by atoms with Crippen molar-refractivity contribution in [2.75, 3.05) is 25.4 Å². The SMILES string of the molecule is CCCN(CC)CCn1c(C)c(C)c(C#N)c1N. The van der Waals surface area contributed by atoms with Gasteiger partial charge in [-0.1, -0.05) is 13.8 Å². The van der Waals surface area contributed by atoms with Crippen LogP contribution in [-0.2, 0) is 6.54 Å². The minimum atomic E-state index is 0.611. The molecule has 0 unspecified atom stereocenters. The Labute approximate surface area is 110 Å². The first kappa shape index (κ1) is 14.6. The maximum atomic E-state index is 9.09. The molecule has 0 aromatic carbocycles. The van der Waals surface area contributed by atoms with Crippen LogP contribution < -0.4 is 5.73 Å². The van der Waals surface area contributed by atoms with Gasteiger partial charge in [-0.15, -0.1) is 0 Å². The molecule has 100 valence electrons. The monoisotopic (exact) mass is 248 g/mol. The molecule has 4 nitrogen and oxygen atoms in total.